The molecule has 19 heavy (non-hydrogen) atoms. The van der Waals surface area contributed by atoms with E-state index in [1.165, 1.54) is 16.7 Å². The van der Waals surface area contributed by atoms with Gasteiger partial charge in [0.1, 0.15) is 6.04 Å². The van der Waals surface area contributed by atoms with Crippen LogP contribution in [0.5, 0.6) is 0 Å². The lowest BCUT2D eigenvalue weighted by Crippen LogP contribution is -2.10. The van der Waals surface area contributed by atoms with Crippen molar-refractivity contribution in [3.05, 3.63) is 64.7 Å². The third-order valence-corrected chi connectivity index (χ3v) is 3.42. The highest BCUT2D eigenvalue weighted by atomic mass is 14.9. The maximum absolute atomic E-state index is 9.41. The van der Waals surface area contributed by atoms with E-state index in [1.807, 2.05) is 37.3 Å². The molecular weight excluding hydrogens is 232 g/mol. The van der Waals surface area contributed by atoms with Crippen LogP contribution in [-0.4, -0.2) is 0 Å². The molecule has 0 aromatic heterocycles. The number of nitrogens with one attached hydrogen (secondary N) is 1. The first-order valence-electron chi connectivity index (χ1n) is 6.41. The van der Waals surface area contributed by atoms with Crippen molar-refractivity contribution in [2.75, 3.05) is 5.32 Å². The summed E-state index contributed by atoms with van der Waals surface area (Å²) in [6, 6.07) is 16.2. The van der Waals surface area contributed by atoms with E-state index in [1.54, 1.807) is 0 Å². The predicted molar refractivity (Wildman–Crippen MR) is 79.1 cm³/mol. The highest BCUT2D eigenvalue weighted by Gasteiger charge is 2.13. The molecule has 96 valence electrons. The molecule has 2 aromatic rings. The summed E-state index contributed by atoms with van der Waals surface area (Å²) in [5, 5.41) is 12.7. The third kappa shape index (κ3) is 2.95. The SMILES string of the molecule is Cc1cccc(NC(C#N)c2cccc(C)c2C)c1. The lowest BCUT2D eigenvalue weighted by molar-refractivity contribution is 0.975. The Morgan fingerprint density at radius 2 is 1.79 bits per heavy atom. The minimum atomic E-state index is -0.318. The fourth-order valence-electron chi connectivity index (χ4n) is 2.17. The fourth-order valence-corrected chi connectivity index (χ4v) is 2.17. The van der Waals surface area contributed by atoms with Crippen LogP contribution in [0.4, 0.5) is 5.69 Å². The fraction of sp³-hybridized carbons (Fsp3) is 0.235. The van der Waals surface area contributed by atoms with E-state index < -0.39 is 0 Å². The number of hydrogen-bond donors (Lipinski definition) is 1. The number of nitriles is 1. The first-order chi connectivity index (χ1) is 9.11. The molecular formula is C17H18N2. The van der Waals surface area contributed by atoms with Gasteiger partial charge in [-0.15, -0.1) is 0 Å². The molecule has 0 bridgehead atoms. The van der Waals surface area contributed by atoms with Crippen molar-refractivity contribution in [2.24, 2.45) is 0 Å². The van der Waals surface area contributed by atoms with Crippen molar-refractivity contribution < 1.29 is 0 Å². The van der Waals surface area contributed by atoms with Crippen molar-refractivity contribution in [2.45, 2.75) is 26.8 Å². The van der Waals surface area contributed by atoms with Crippen molar-refractivity contribution in [1.82, 2.24) is 0 Å². The minimum absolute atomic E-state index is 0.318. The summed E-state index contributed by atoms with van der Waals surface area (Å²) in [4.78, 5) is 0. The van der Waals surface area contributed by atoms with Gasteiger partial charge in [0.25, 0.3) is 0 Å². The van der Waals surface area contributed by atoms with Crippen LogP contribution in [0.3, 0.4) is 0 Å². The molecule has 2 aromatic carbocycles. The zero-order valence-corrected chi connectivity index (χ0v) is 11.6. The Bertz CT molecular complexity index is 623. The average Bonchev–Trinajstić information content (AvgIpc) is 2.40. The zero-order valence-electron chi connectivity index (χ0n) is 11.6. The van der Waals surface area contributed by atoms with Gasteiger partial charge in [-0.1, -0.05) is 30.3 Å². The van der Waals surface area contributed by atoms with Crippen LogP contribution in [0.25, 0.3) is 0 Å². The summed E-state index contributed by atoms with van der Waals surface area (Å²) in [7, 11) is 0. The van der Waals surface area contributed by atoms with Crippen LogP contribution < -0.4 is 5.32 Å². The van der Waals surface area contributed by atoms with Crippen LogP contribution in [0.1, 0.15) is 28.3 Å². The Hall–Kier alpha value is -2.27. The van der Waals surface area contributed by atoms with Crippen molar-refractivity contribution in [3.63, 3.8) is 0 Å². The molecule has 1 atom stereocenters. The van der Waals surface area contributed by atoms with E-state index in [0.717, 1.165) is 11.3 Å². The number of rotatable bonds is 3. The molecule has 2 rings (SSSR count). The monoisotopic (exact) mass is 250 g/mol. The lowest BCUT2D eigenvalue weighted by atomic mass is 9.98. The van der Waals surface area contributed by atoms with E-state index in [2.05, 4.69) is 37.4 Å². The Kier molecular flexibility index (Phi) is 3.87. The van der Waals surface area contributed by atoms with Crippen LogP contribution in [0, 0.1) is 32.1 Å². The molecule has 1 unspecified atom stereocenters. The van der Waals surface area contributed by atoms with Gasteiger partial charge in [-0.2, -0.15) is 5.26 Å². The topological polar surface area (TPSA) is 35.8 Å². The molecule has 0 aliphatic heterocycles. The second kappa shape index (κ2) is 5.58. The van der Waals surface area contributed by atoms with Crippen molar-refractivity contribution in [3.8, 4) is 6.07 Å². The second-order valence-corrected chi connectivity index (χ2v) is 4.87. The second-order valence-electron chi connectivity index (χ2n) is 4.87. The smallest absolute Gasteiger partial charge is 0.140 e. The molecule has 0 aliphatic carbocycles. The molecule has 0 fully saturated rings. The number of anilines is 1. The number of nitrogens with zero attached hydrogens (tertiary/aromatic N) is 1. The Labute approximate surface area is 114 Å². The highest BCUT2D eigenvalue weighted by Crippen LogP contribution is 2.24. The van der Waals surface area contributed by atoms with E-state index in [4.69, 9.17) is 0 Å². The molecule has 0 saturated heterocycles. The largest absolute Gasteiger partial charge is 0.366 e. The maximum Gasteiger partial charge on any atom is 0.140 e. The van der Waals surface area contributed by atoms with Gasteiger partial charge in [0.15, 0.2) is 0 Å². The van der Waals surface area contributed by atoms with E-state index in [9.17, 15) is 5.26 Å². The molecule has 0 spiro atoms. The van der Waals surface area contributed by atoms with Crippen LogP contribution in [0.2, 0.25) is 0 Å². The van der Waals surface area contributed by atoms with E-state index in [-0.39, 0.29) is 6.04 Å². The third-order valence-electron chi connectivity index (χ3n) is 3.42. The summed E-state index contributed by atoms with van der Waals surface area (Å²) in [5.74, 6) is 0. The van der Waals surface area contributed by atoms with Crippen molar-refractivity contribution in [1.29, 1.82) is 5.26 Å². The minimum Gasteiger partial charge on any atom is -0.366 e. The van der Waals surface area contributed by atoms with Crippen molar-refractivity contribution >= 4 is 5.69 Å². The molecule has 0 heterocycles. The quantitative estimate of drug-likeness (QED) is 0.882. The molecule has 0 amide bonds. The van der Waals surface area contributed by atoms with Gasteiger partial charge >= 0.3 is 0 Å². The molecule has 1 N–H and O–H groups in total. The van der Waals surface area contributed by atoms with Gasteiger partial charge in [-0.25, -0.2) is 0 Å². The summed E-state index contributed by atoms with van der Waals surface area (Å²) in [6.07, 6.45) is 0. The van der Waals surface area contributed by atoms with Crippen LogP contribution in [-0.2, 0) is 0 Å². The first kappa shape index (κ1) is 13.2. The van der Waals surface area contributed by atoms with E-state index >= 15 is 0 Å². The maximum atomic E-state index is 9.41. The Balaban J connectivity index is 2.31. The van der Waals surface area contributed by atoms with Gasteiger partial charge in [-0.3, -0.25) is 0 Å². The van der Waals surface area contributed by atoms with Gasteiger partial charge in [0, 0.05) is 5.69 Å². The Morgan fingerprint density at radius 3 is 2.47 bits per heavy atom. The first-order valence-corrected chi connectivity index (χ1v) is 6.41. The van der Waals surface area contributed by atoms with Gasteiger partial charge in [0.2, 0.25) is 0 Å². The molecule has 0 saturated carbocycles. The number of aryl methyl sites for hydroxylation is 2. The standard InChI is InChI=1S/C17H18N2/c1-12-6-4-8-15(10-12)19-17(11-18)16-9-5-7-13(2)14(16)3/h4-10,17,19H,1-3H3. The molecule has 0 aliphatic rings. The summed E-state index contributed by atoms with van der Waals surface area (Å²) in [5.41, 5.74) is 5.59. The predicted octanol–water partition coefficient (Wildman–Crippen LogP) is 4.29. The van der Waals surface area contributed by atoms with Crippen LogP contribution >= 0.6 is 0 Å². The van der Waals surface area contributed by atoms with Gasteiger partial charge in [-0.05, 0) is 55.2 Å². The number of hydrogen-bond acceptors (Lipinski definition) is 2. The van der Waals surface area contributed by atoms with Crippen LogP contribution in [0.15, 0.2) is 42.5 Å². The van der Waals surface area contributed by atoms with Gasteiger partial charge in [0.05, 0.1) is 6.07 Å². The molecule has 2 heteroatoms. The lowest BCUT2D eigenvalue weighted by Gasteiger charge is -2.17. The summed E-state index contributed by atoms with van der Waals surface area (Å²) >= 11 is 0. The average molecular weight is 250 g/mol. The van der Waals surface area contributed by atoms with E-state index in [0.29, 0.717) is 0 Å². The van der Waals surface area contributed by atoms with Gasteiger partial charge < -0.3 is 5.32 Å². The Morgan fingerprint density at radius 1 is 1.05 bits per heavy atom. The molecule has 2 nitrogen and oxygen atoms in total. The molecule has 0 radical (unpaired) electrons. The summed E-state index contributed by atoms with van der Waals surface area (Å²) < 4.78 is 0. The number of benzene rings is 2. The zero-order chi connectivity index (χ0) is 13.8. The highest BCUT2D eigenvalue weighted by molar-refractivity contribution is 5.51. The normalized spacial score (nSPS) is 11.7. The summed E-state index contributed by atoms with van der Waals surface area (Å²) in [6.45, 7) is 6.18.